The maximum absolute atomic E-state index is 11.1. The van der Waals surface area contributed by atoms with Crippen LogP contribution in [0.1, 0.15) is 19.3 Å². The molecule has 0 aliphatic heterocycles. The van der Waals surface area contributed by atoms with Gasteiger partial charge in [-0.3, -0.25) is 10.2 Å². The Balaban J connectivity index is 1.93. The Bertz CT molecular complexity index is 154. The molecule has 12 heavy (non-hydrogen) atoms. The fraction of sp³-hybridized carbons (Fsp3) is 0.875. The summed E-state index contributed by atoms with van der Waals surface area (Å²) in [6.45, 7) is 0.796. The van der Waals surface area contributed by atoms with Crippen LogP contribution in [-0.2, 0) is 4.79 Å². The Morgan fingerprint density at radius 1 is 1.50 bits per heavy atom. The summed E-state index contributed by atoms with van der Waals surface area (Å²) < 4.78 is 0. The van der Waals surface area contributed by atoms with Crippen molar-refractivity contribution >= 4 is 5.91 Å². The van der Waals surface area contributed by atoms with E-state index >= 15 is 0 Å². The van der Waals surface area contributed by atoms with Gasteiger partial charge in [-0.1, -0.05) is 0 Å². The van der Waals surface area contributed by atoms with Gasteiger partial charge in [-0.25, -0.2) is 5.01 Å². The zero-order valence-corrected chi connectivity index (χ0v) is 7.76. The van der Waals surface area contributed by atoms with Crippen LogP contribution >= 0.6 is 0 Å². The lowest BCUT2D eigenvalue weighted by Crippen LogP contribution is -2.37. The van der Waals surface area contributed by atoms with Crippen molar-refractivity contribution in [2.24, 2.45) is 0 Å². The molecule has 1 amide bonds. The number of nitrogens with zero attached hydrogens (tertiary/aromatic N) is 1. The van der Waals surface area contributed by atoms with E-state index in [2.05, 4.69) is 10.7 Å². The standard InChI is InChI=1S/C8H17N3O/c1-11(2)10-8(12)5-6-9-7-3-4-7/h7,9H,3-6H2,1-2H3,(H,10,12). The monoisotopic (exact) mass is 171 g/mol. The Morgan fingerprint density at radius 3 is 2.67 bits per heavy atom. The van der Waals surface area contributed by atoms with Gasteiger partial charge in [-0.05, 0) is 12.8 Å². The predicted molar refractivity (Wildman–Crippen MR) is 47.5 cm³/mol. The second kappa shape index (κ2) is 4.42. The highest BCUT2D eigenvalue weighted by molar-refractivity contribution is 5.75. The highest BCUT2D eigenvalue weighted by Crippen LogP contribution is 2.18. The van der Waals surface area contributed by atoms with E-state index in [1.54, 1.807) is 5.01 Å². The molecule has 4 nitrogen and oxygen atoms in total. The zero-order valence-electron chi connectivity index (χ0n) is 7.76. The first-order valence-corrected chi connectivity index (χ1v) is 4.38. The molecular weight excluding hydrogens is 154 g/mol. The van der Waals surface area contributed by atoms with E-state index in [4.69, 9.17) is 0 Å². The van der Waals surface area contributed by atoms with Crippen LogP contribution in [-0.4, -0.2) is 37.6 Å². The summed E-state index contributed by atoms with van der Waals surface area (Å²) in [4.78, 5) is 11.1. The van der Waals surface area contributed by atoms with Crippen LogP contribution in [0.2, 0.25) is 0 Å². The highest BCUT2D eigenvalue weighted by atomic mass is 16.2. The van der Waals surface area contributed by atoms with Gasteiger partial charge in [-0.15, -0.1) is 0 Å². The molecule has 1 rings (SSSR count). The SMILES string of the molecule is CN(C)NC(=O)CCNC1CC1. The number of carbonyl (C=O) groups is 1. The van der Waals surface area contributed by atoms with Crippen LogP contribution in [0.4, 0.5) is 0 Å². The molecule has 0 saturated heterocycles. The first kappa shape index (κ1) is 9.48. The van der Waals surface area contributed by atoms with Crippen molar-refractivity contribution < 1.29 is 4.79 Å². The molecule has 0 unspecified atom stereocenters. The molecule has 1 fully saturated rings. The summed E-state index contributed by atoms with van der Waals surface area (Å²) in [6.07, 6.45) is 3.11. The van der Waals surface area contributed by atoms with Crippen LogP contribution in [0.25, 0.3) is 0 Å². The van der Waals surface area contributed by atoms with Crippen molar-refractivity contribution in [2.75, 3.05) is 20.6 Å². The molecule has 0 bridgehead atoms. The Morgan fingerprint density at radius 2 is 2.17 bits per heavy atom. The number of hydrogen-bond acceptors (Lipinski definition) is 3. The minimum absolute atomic E-state index is 0.0770. The van der Waals surface area contributed by atoms with Gasteiger partial charge < -0.3 is 5.32 Å². The molecule has 0 aromatic carbocycles. The first-order valence-electron chi connectivity index (χ1n) is 4.38. The van der Waals surface area contributed by atoms with E-state index in [9.17, 15) is 4.79 Å². The fourth-order valence-electron chi connectivity index (χ4n) is 0.983. The molecule has 1 aliphatic rings. The number of amides is 1. The molecule has 70 valence electrons. The van der Waals surface area contributed by atoms with Gasteiger partial charge >= 0.3 is 0 Å². The Hall–Kier alpha value is -0.610. The van der Waals surface area contributed by atoms with Crippen LogP contribution in [0.3, 0.4) is 0 Å². The summed E-state index contributed by atoms with van der Waals surface area (Å²) >= 11 is 0. The second-order valence-electron chi connectivity index (χ2n) is 3.41. The van der Waals surface area contributed by atoms with Gasteiger partial charge in [0.1, 0.15) is 0 Å². The van der Waals surface area contributed by atoms with Crippen molar-refractivity contribution in [3.63, 3.8) is 0 Å². The molecule has 1 saturated carbocycles. The van der Waals surface area contributed by atoms with Crippen LogP contribution in [0.5, 0.6) is 0 Å². The van der Waals surface area contributed by atoms with Gasteiger partial charge in [0.15, 0.2) is 0 Å². The molecule has 1 aliphatic carbocycles. The number of hydrazine groups is 1. The number of carbonyl (C=O) groups excluding carboxylic acids is 1. The Kier molecular flexibility index (Phi) is 3.49. The second-order valence-corrected chi connectivity index (χ2v) is 3.41. The molecule has 0 heterocycles. The van der Waals surface area contributed by atoms with Gasteiger partial charge in [0.05, 0.1) is 0 Å². The number of hydrogen-bond donors (Lipinski definition) is 2. The largest absolute Gasteiger partial charge is 0.313 e. The van der Waals surface area contributed by atoms with E-state index < -0.39 is 0 Å². The lowest BCUT2D eigenvalue weighted by Gasteiger charge is -2.11. The predicted octanol–water partition coefficient (Wildman–Crippen LogP) is -0.279. The zero-order chi connectivity index (χ0) is 8.97. The van der Waals surface area contributed by atoms with Crippen LogP contribution in [0, 0.1) is 0 Å². The van der Waals surface area contributed by atoms with Crippen molar-refractivity contribution in [1.29, 1.82) is 0 Å². The number of rotatable bonds is 5. The summed E-state index contributed by atoms with van der Waals surface area (Å²) in [5.74, 6) is 0.0770. The summed E-state index contributed by atoms with van der Waals surface area (Å²) in [5, 5.41) is 4.95. The molecule has 0 aromatic rings. The molecule has 0 atom stereocenters. The maximum atomic E-state index is 11.1. The smallest absolute Gasteiger partial charge is 0.235 e. The first-order chi connectivity index (χ1) is 5.68. The lowest BCUT2D eigenvalue weighted by molar-refractivity contribution is -0.124. The Labute approximate surface area is 73.3 Å². The van der Waals surface area contributed by atoms with E-state index in [0.29, 0.717) is 12.5 Å². The van der Waals surface area contributed by atoms with Gasteiger partial charge in [-0.2, -0.15) is 0 Å². The normalized spacial score (nSPS) is 16.6. The minimum Gasteiger partial charge on any atom is -0.313 e. The van der Waals surface area contributed by atoms with E-state index in [1.807, 2.05) is 14.1 Å². The van der Waals surface area contributed by atoms with Crippen LogP contribution < -0.4 is 10.7 Å². The van der Waals surface area contributed by atoms with Crippen molar-refractivity contribution in [3.05, 3.63) is 0 Å². The van der Waals surface area contributed by atoms with E-state index in [0.717, 1.165) is 6.54 Å². The molecule has 4 heteroatoms. The molecule has 0 spiro atoms. The average molecular weight is 171 g/mol. The third-order valence-corrected chi connectivity index (χ3v) is 1.71. The van der Waals surface area contributed by atoms with Crippen molar-refractivity contribution in [2.45, 2.75) is 25.3 Å². The fourth-order valence-corrected chi connectivity index (χ4v) is 0.983. The van der Waals surface area contributed by atoms with E-state index in [1.165, 1.54) is 12.8 Å². The average Bonchev–Trinajstić information content (AvgIpc) is 2.69. The maximum Gasteiger partial charge on any atom is 0.235 e. The molecule has 0 radical (unpaired) electrons. The lowest BCUT2D eigenvalue weighted by atomic mass is 10.4. The topological polar surface area (TPSA) is 44.4 Å². The minimum atomic E-state index is 0.0770. The quantitative estimate of drug-likeness (QED) is 0.559. The highest BCUT2D eigenvalue weighted by Gasteiger charge is 2.19. The van der Waals surface area contributed by atoms with Crippen LogP contribution in [0.15, 0.2) is 0 Å². The summed E-state index contributed by atoms with van der Waals surface area (Å²) in [5.41, 5.74) is 2.69. The van der Waals surface area contributed by atoms with E-state index in [-0.39, 0.29) is 5.91 Å². The third-order valence-electron chi connectivity index (χ3n) is 1.71. The molecule has 0 aromatic heterocycles. The number of nitrogens with one attached hydrogen (secondary N) is 2. The summed E-state index contributed by atoms with van der Waals surface area (Å²) in [6, 6.07) is 0.692. The third kappa shape index (κ3) is 4.31. The van der Waals surface area contributed by atoms with Gasteiger partial charge in [0.2, 0.25) is 5.91 Å². The van der Waals surface area contributed by atoms with Crippen molar-refractivity contribution in [1.82, 2.24) is 15.8 Å². The van der Waals surface area contributed by atoms with Crippen molar-refractivity contribution in [3.8, 4) is 0 Å². The molecule has 2 N–H and O–H groups in total. The van der Waals surface area contributed by atoms with Gasteiger partial charge in [0.25, 0.3) is 0 Å². The van der Waals surface area contributed by atoms with Gasteiger partial charge in [0, 0.05) is 33.1 Å². The summed E-state index contributed by atoms with van der Waals surface area (Å²) in [7, 11) is 3.62. The molecular formula is C8H17N3O.